The number of amides is 1. The first kappa shape index (κ1) is 20.7. The van der Waals surface area contributed by atoms with Crippen molar-refractivity contribution in [3.05, 3.63) is 29.8 Å². The number of sulfonamides is 1. The van der Waals surface area contributed by atoms with Gasteiger partial charge in [-0.05, 0) is 63.5 Å². The summed E-state index contributed by atoms with van der Waals surface area (Å²) in [5.74, 6) is 0.00864. The second-order valence-electron chi connectivity index (χ2n) is 7.10. The van der Waals surface area contributed by atoms with Gasteiger partial charge in [0.15, 0.2) is 0 Å². The Hall–Kier alpha value is -1.60. The highest BCUT2D eigenvalue weighted by atomic mass is 32.2. The van der Waals surface area contributed by atoms with Crippen molar-refractivity contribution in [2.75, 3.05) is 37.2 Å². The lowest BCUT2D eigenvalue weighted by Crippen LogP contribution is -2.43. The summed E-state index contributed by atoms with van der Waals surface area (Å²) in [6.07, 6.45) is 4.91. The van der Waals surface area contributed by atoms with Gasteiger partial charge in [0, 0.05) is 19.0 Å². The topological polar surface area (TPSA) is 69.7 Å². The summed E-state index contributed by atoms with van der Waals surface area (Å²) in [4.78, 5) is 14.4. The van der Waals surface area contributed by atoms with Gasteiger partial charge >= 0.3 is 0 Å². The Morgan fingerprint density at radius 2 is 1.85 bits per heavy atom. The molecule has 1 heterocycles. The van der Waals surface area contributed by atoms with Crippen LogP contribution in [0.4, 0.5) is 5.69 Å². The SMILES string of the molecule is CCc1ccc(N(CCCC(=O)NC2CCN(C)CC2)S(C)(=O)=O)cc1. The number of anilines is 1. The van der Waals surface area contributed by atoms with Crippen molar-refractivity contribution in [1.82, 2.24) is 10.2 Å². The van der Waals surface area contributed by atoms with Crippen LogP contribution in [0, 0.1) is 0 Å². The Bertz CT molecular complexity index is 680. The molecular formula is C19H31N3O3S. The van der Waals surface area contributed by atoms with E-state index >= 15 is 0 Å². The Balaban J connectivity index is 1.86. The molecule has 0 bridgehead atoms. The second kappa shape index (κ2) is 9.37. The molecule has 1 aliphatic rings. The monoisotopic (exact) mass is 381 g/mol. The molecule has 1 aliphatic heterocycles. The van der Waals surface area contributed by atoms with Gasteiger partial charge in [-0.15, -0.1) is 0 Å². The van der Waals surface area contributed by atoms with Gasteiger partial charge in [-0.2, -0.15) is 0 Å². The third-order valence-electron chi connectivity index (χ3n) is 4.88. The zero-order valence-corrected chi connectivity index (χ0v) is 16.9. The average Bonchev–Trinajstić information content (AvgIpc) is 2.60. The van der Waals surface area contributed by atoms with Crippen molar-refractivity contribution < 1.29 is 13.2 Å². The molecule has 146 valence electrons. The van der Waals surface area contributed by atoms with Gasteiger partial charge in [0.25, 0.3) is 0 Å². The van der Waals surface area contributed by atoms with Crippen molar-refractivity contribution in [3.8, 4) is 0 Å². The van der Waals surface area contributed by atoms with Gasteiger partial charge in [0.05, 0.1) is 11.9 Å². The van der Waals surface area contributed by atoms with Gasteiger partial charge in [-0.1, -0.05) is 19.1 Å². The Kier molecular flexibility index (Phi) is 7.46. The van der Waals surface area contributed by atoms with E-state index < -0.39 is 10.0 Å². The van der Waals surface area contributed by atoms with E-state index in [2.05, 4.69) is 24.2 Å². The lowest BCUT2D eigenvalue weighted by Gasteiger charge is -2.29. The summed E-state index contributed by atoms with van der Waals surface area (Å²) in [6.45, 7) is 4.37. The van der Waals surface area contributed by atoms with Crippen LogP contribution in [-0.4, -0.2) is 58.2 Å². The second-order valence-corrected chi connectivity index (χ2v) is 9.01. The minimum Gasteiger partial charge on any atom is -0.353 e. The molecule has 6 nitrogen and oxygen atoms in total. The summed E-state index contributed by atoms with van der Waals surface area (Å²) in [5.41, 5.74) is 1.82. The maximum absolute atomic E-state index is 12.2. The van der Waals surface area contributed by atoms with Gasteiger partial charge in [-0.25, -0.2) is 8.42 Å². The largest absolute Gasteiger partial charge is 0.353 e. The average molecular weight is 382 g/mol. The molecule has 0 aliphatic carbocycles. The van der Waals surface area contributed by atoms with Crippen LogP contribution in [-0.2, 0) is 21.2 Å². The summed E-state index contributed by atoms with van der Waals surface area (Å²) in [7, 11) is -1.28. The van der Waals surface area contributed by atoms with Crippen LogP contribution in [0.25, 0.3) is 0 Å². The van der Waals surface area contributed by atoms with E-state index in [1.807, 2.05) is 24.3 Å². The van der Waals surface area contributed by atoms with Gasteiger partial charge in [0.1, 0.15) is 0 Å². The van der Waals surface area contributed by atoms with E-state index in [9.17, 15) is 13.2 Å². The zero-order valence-electron chi connectivity index (χ0n) is 16.1. The van der Waals surface area contributed by atoms with Gasteiger partial charge in [0.2, 0.25) is 15.9 Å². The highest BCUT2D eigenvalue weighted by Crippen LogP contribution is 2.19. The number of aryl methyl sites for hydroxylation is 1. The molecule has 1 fully saturated rings. The molecule has 2 rings (SSSR count). The van der Waals surface area contributed by atoms with E-state index in [0.29, 0.717) is 25.1 Å². The van der Waals surface area contributed by atoms with Crippen LogP contribution in [0.5, 0.6) is 0 Å². The first-order chi connectivity index (χ1) is 12.3. The van der Waals surface area contributed by atoms with E-state index in [1.54, 1.807) is 0 Å². The third kappa shape index (κ3) is 6.29. The fourth-order valence-electron chi connectivity index (χ4n) is 3.22. The van der Waals surface area contributed by atoms with Crippen molar-refractivity contribution in [1.29, 1.82) is 0 Å². The van der Waals surface area contributed by atoms with Crippen LogP contribution in [0.1, 0.15) is 38.2 Å². The lowest BCUT2D eigenvalue weighted by atomic mass is 10.1. The minimum atomic E-state index is -3.37. The van der Waals surface area contributed by atoms with Gasteiger partial charge in [-0.3, -0.25) is 9.10 Å². The molecule has 1 aromatic rings. The first-order valence-corrected chi connectivity index (χ1v) is 11.2. The maximum Gasteiger partial charge on any atom is 0.232 e. The number of nitrogens with one attached hydrogen (secondary N) is 1. The maximum atomic E-state index is 12.2. The van der Waals surface area contributed by atoms with Gasteiger partial charge < -0.3 is 10.2 Å². The molecule has 0 unspecified atom stereocenters. The Morgan fingerprint density at radius 3 is 2.38 bits per heavy atom. The van der Waals surface area contributed by atoms with Crippen molar-refractivity contribution in [2.24, 2.45) is 0 Å². The quantitative estimate of drug-likeness (QED) is 0.748. The number of benzene rings is 1. The summed E-state index contributed by atoms with van der Waals surface area (Å²) in [5, 5.41) is 3.07. The Morgan fingerprint density at radius 1 is 1.23 bits per heavy atom. The summed E-state index contributed by atoms with van der Waals surface area (Å²) in [6, 6.07) is 7.80. The molecule has 1 amide bonds. The van der Waals surface area contributed by atoms with Crippen molar-refractivity contribution >= 4 is 21.6 Å². The molecule has 7 heteroatoms. The standard InChI is InChI=1S/C19H31N3O3S/c1-4-16-7-9-18(10-8-16)22(26(3,24)25)13-5-6-19(23)20-17-11-14-21(2)15-12-17/h7-10,17H,4-6,11-15H2,1-3H3,(H,20,23). The third-order valence-corrected chi connectivity index (χ3v) is 6.08. The minimum absolute atomic E-state index is 0.00864. The highest BCUT2D eigenvalue weighted by Gasteiger charge is 2.20. The molecule has 1 saturated heterocycles. The fraction of sp³-hybridized carbons (Fsp3) is 0.632. The number of rotatable bonds is 8. The molecule has 1 N–H and O–H groups in total. The molecule has 1 aromatic carbocycles. The van der Waals surface area contributed by atoms with Crippen LogP contribution in [0.15, 0.2) is 24.3 Å². The number of hydrogen-bond donors (Lipinski definition) is 1. The van der Waals surface area contributed by atoms with E-state index in [1.165, 1.54) is 16.1 Å². The smallest absolute Gasteiger partial charge is 0.232 e. The number of piperidine rings is 1. The molecule has 0 atom stereocenters. The molecule has 0 radical (unpaired) electrons. The van der Waals surface area contributed by atoms with Crippen molar-refractivity contribution in [3.63, 3.8) is 0 Å². The zero-order chi connectivity index (χ0) is 19.2. The van der Waals surface area contributed by atoms with Crippen LogP contribution < -0.4 is 9.62 Å². The number of carbonyl (C=O) groups excluding carboxylic acids is 1. The predicted octanol–water partition coefficient (Wildman–Crippen LogP) is 2.01. The predicted molar refractivity (Wildman–Crippen MR) is 106 cm³/mol. The summed E-state index contributed by atoms with van der Waals surface area (Å²) >= 11 is 0. The number of likely N-dealkylation sites (tertiary alicyclic amines) is 1. The number of hydrogen-bond acceptors (Lipinski definition) is 4. The molecule has 26 heavy (non-hydrogen) atoms. The molecule has 0 spiro atoms. The first-order valence-electron chi connectivity index (χ1n) is 9.34. The lowest BCUT2D eigenvalue weighted by molar-refractivity contribution is -0.122. The van der Waals surface area contributed by atoms with E-state index in [0.717, 1.165) is 32.4 Å². The fourth-order valence-corrected chi connectivity index (χ4v) is 4.19. The molecule has 0 saturated carbocycles. The number of nitrogens with zero attached hydrogens (tertiary/aromatic N) is 2. The molecular weight excluding hydrogens is 350 g/mol. The molecule has 0 aromatic heterocycles. The number of carbonyl (C=O) groups is 1. The van der Waals surface area contributed by atoms with Crippen molar-refractivity contribution in [2.45, 2.75) is 45.1 Å². The van der Waals surface area contributed by atoms with Crippen LogP contribution >= 0.6 is 0 Å². The van der Waals surface area contributed by atoms with E-state index in [-0.39, 0.29) is 11.9 Å². The van der Waals surface area contributed by atoms with Crippen LogP contribution in [0.2, 0.25) is 0 Å². The Labute approximate surface area is 157 Å². The van der Waals surface area contributed by atoms with E-state index in [4.69, 9.17) is 0 Å². The summed E-state index contributed by atoms with van der Waals surface area (Å²) < 4.78 is 25.6. The normalized spacial score (nSPS) is 16.4. The highest BCUT2D eigenvalue weighted by molar-refractivity contribution is 7.92. The van der Waals surface area contributed by atoms with Crippen LogP contribution in [0.3, 0.4) is 0 Å².